The minimum Gasteiger partial charge on any atom is -0.396 e. The fourth-order valence-corrected chi connectivity index (χ4v) is 1.43. The second-order valence-electron chi connectivity index (χ2n) is 4.05. The van der Waals surface area contributed by atoms with E-state index in [9.17, 15) is 26.7 Å². The van der Waals surface area contributed by atoms with Crippen LogP contribution in [0.3, 0.4) is 0 Å². The summed E-state index contributed by atoms with van der Waals surface area (Å²) in [6.45, 7) is -0.0806. The van der Waals surface area contributed by atoms with Gasteiger partial charge in [-0.2, -0.15) is 22.0 Å². The highest BCUT2D eigenvalue weighted by atomic mass is 19.4. The van der Waals surface area contributed by atoms with Crippen LogP contribution >= 0.6 is 0 Å². The van der Waals surface area contributed by atoms with Gasteiger partial charge in [0.1, 0.15) is 0 Å². The van der Waals surface area contributed by atoms with Crippen molar-refractivity contribution in [1.29, 1.82) is 0 Å². The van der Waals surface area contributed by atoms with Gasteiger partial charge in [0, 0.05) is 12.3 Å². The maximum atomic E-state index is 12.7. The van der Waals surface area contributed by atoms with Gasteiger partial charge in [-0.05, 0) is 30.5 Å². The zero-order valence-electron chi connectivity index (χ0n) is 10.2. The van der Waals surface area contributed by atoms with Crippen LogP contribution in [0.5, 0.6) is 0 Å². The Kier molecular flexibility index (Phi) is 5.04. The summed E-state index contributed by atoms with van der Waals surface area (Å²) in [5.74, 6) is -7.88. The maximum absolute atomic E-state index is 12.7. The van der Waals surface area contributed by atoms with Gasteiger partial charge in [-0.25, -0.2) is 0 Å². The summed E-state index contributed by atoms with van der Waals surface area (Å²) in [5.41, 5.74) is 0.446. The lowest BCUT2D eigenvalue weighted by atomic mass is 10.1. The summed E-state index contributed by atoms with van der Waals surface area (Å²) in [4.78, 5) is 11.0. The van der Waals surface area contributed by atoms with Gasteiger partial charge in [-0.1, -0.05) is 12.1 Å². The van der Waals surface area contributed by atoms with E-state index in [0.717, 1.165) is 0 Å². The minimum atomic E-state index is -5.94. The molecule has 1 aromatic carbocycles. The Labute approximate surface area is 111 Å². The van der Waals surface area contributed by atoms with Crippen LogP contribution in [0.4, 0.5) is 27.6 Å². The highest BCUT2D eigenvalue weighted by molar-refractivity contribution is 5.96. The first kappa shape index (κ1) is 16.4. The van der Waals surface area contributed by atoms with Crippen LogP contribution in [-0.2, 0) is 11.2 Å². The van der Waals surface area contributed by atoms with Gasteiger partial charge in [0.25, 0.3) is 0 Å². The summed E-state index contributed by atoms with van der Waals surface area (Å²) in [7, 11) is 0. The van der Waals surface area contributed by atoms with Crippen LogP contribution < -0.4 is 5.32 Å². The van der Waals surface area contributed by atoms with E-state index < -0.39 is 18.0 Å². The third-order valence-corrected chi connectivity index (χ3v) is 2.45. The van der Waals surface area contributed by atoms with Crippen molar-refractivity contribution in [3.8, 4) is 0 Å². The van der Waals surface area contributed by atoms with Crippen molar-refractivity contribution in [2.75, 3.05) is 11.9 Å². The Morgan fingerprint density at radius 1 is 1.20 bits per heavy atom. The first-order valence-corrected chi connectivity index (χ1v) is 5.64. The largest absolute Gasteiger partial charge is 0.463 e. The highest BCUT2D eigenvalue weighted by Crippen LogP contribution is 2.36. The molecule has 0 aliphatic rings. The molecule has 1 aromatic rings. The molecule has 0 spiro atoms. The molecule has 112 valence electrons. The van der Waals surface area contributed by atoms with E-state index in [4.69, 9.17) is 5.11 Å². The van der Waals surface area contributed by atoms with E-state index in [0.29, 0.717) is 18.4 Å². The quantitative estimate of drug-likeness (QED) is 0.821. The predicted molar refractivity (Wildman–Crippen MR) is 61.5 cm³/mol. The van der Waals surface area contributed by atoms with Crippen LogP contribution in [0, 0.1) is 0 Å². The molecule has 2 N–H and O–H groups in total. The number of halogens is 5. The SMILES string of the molecule is O=C(Nc1cccc(CCCO)c1)C(F)(F)C(F)(F)F. The first-order chi connectivity index (χ1) is 9.18. The maximum Gasteiger partial charge on any atom is 0.463 e. The van der Waals surface area contributed by atoms with Crippen LogP contribution in [0.25, 0.3) is 0 Å². The summed E-state index contributed by atoms with van der Waals surface area (Å²) in [6, 6.07) is 5.49. The topological polar surface area (TPSA) is 49.3 Å². The van der Waals surface area contributed by atoms with Crippen LogP contribution in [0.2, 0.25) is 0 Å². The Morgan fingerprint density at radius 2 is 1.85 bits per heavy atom. The molecule has 20 heavy (non-hydrogen) atoms. The van der Waals surface area contributed by atoms with Crippen molar-refractivity contribution in [3.05, 3.63) is 29.8 Å². The number of aryl methyl sites for hydroxylation is 1. The van der Waals surface area contributed by atoms with Gasteiger partial charge < -0.3 is 10.4 Å². The van der Waals surface area contributed by atoms with E-state index in [1.165, 1.54) is 23.5 Å². The molecule has 1 amide bonds. The summed E-state index contributed by atoms with van der Waals surface area (Å²) in [5, 5.41) is 10.2. The number of aliphatic hydroxyl groups excluding tert-OH is 1. The van der Waals surface area contributed by atoms with E-state index in [1.807, 2.05) is 0 Å². The number of rotatable bonds is 5. The van der Waals surface area contributed by atoms with Crippen molar-refractivity contribution in [1.82, 2.24) is 0 Å². The fraction of sp³-hybridized carbons (Fsp3) is 0.417. The Hall–Kier alpha value is -1.70. The molecule has 0 saturated heterocycles. The molecular weight excluding hydrogens is 285 g/mol. The molecule has 0 saturated carbocycles. The molecule has 8 heteroatoms. The number of aliphatic hydroxyl groups is 1. The Balaban J connectivity index is 2.81. The number of nitrogens with one attached hydrogen (secondary N) is 1. The third kappa shape index (κ3) is 3.89. The number of carbonyl (C=O) groups is 1. The lowest BCUT2D eigenvalue weighted by Crippen LogP contribution is -2.47. The van der Waals surface area contributed by atoms with E-state index in [1.54, 1.807) is 6.07 Å². The van der Waals surface area contributed by atoms with E-state index in [-0.39, 0.29) is 12.3 Å². The zero-order valence-corrected chi connectivity index (χ0v) is 10.2. The molecule has 3 nitrogen and oxygen atoms in total. The van der Waals surface area contributed by atoms with Crippen LogP contribution in [0.1, 0.15) is 12.0 Å². The third-order valence-electron chi connectivity index (χ3n) is 2.45. The second-order valence-corrected chi connectivity index (χ2v) is 4.05. The van der Waals surface area contributed by atoms with Crippen molar-refractivity contribution >= 4 is 11.6 Å². The normalized spacial score (nSPS) is 12.3. The molecular formula is C12H12F5NO2. The number of anilines is 1. The van der Waals surface area contributed by atoms with Crippen molar-refractivity contribution in [3.63, 3.8) is 0 Å². The van der Waals surface area contributed by atoms with Crippen molar-refractivity contribution in [2.24, 2.45) is 0 Å². The molecule has 0 heterocycles. The number of benzene rings is 1. The highest BCUT2D eigenvalue weighted by Gasteiger charge is 2.63. The van der Waals surface area contributed by atoms with Gasteiger partial charge in [-0.3, -0.25) is 4.79 Å². The van der Waals surface area contributed by atoms with Crippen molar-refractivity contribution in [2.45, 2.75) is 24.9 Å². The molecule has 0 unspecified atom stereocenters. The number of carbonyl (C=O) groups excluding carboxylic acids is 1. The fourth-order valence-electron chi connectivity index (χ4n) is 1.43. The lowest BCUT2D eigenvalue weighted by Gasteiger charge is -2.18. The van der Waals surface area contributed by atoms with Crippen LogP contribution in [0.15, 0.2) is 24.3 Å². The Morgan fingerprint density at radius 3 is 2.40 bits per heavy atom. The van der Waals surface area contributed by atoms with Gasteiger partial charge in [-0.15, -0.1) is 0 Å². The van der Waals surface area contributed by atoms with Gasteiger partial charge in [0.05, 0.1) is 0 Å². The summed E-state index contributed by atoms with van der Waals surface area (Å²) < 4.78 is 61.5. The smallest absolute Gasteiger partial charge is 0.396 e. The average molecular weight is 297 g/mol. The molecule has 0 aromatic heterocycles. The average Bonchev–Trinajstić information content (AvgIpc) is 2.35. The second kappa shape index (κ2) is 6.17. The Bertz CT molecular complexity index is 473. The number of hydrogen-bond acceptors (Lipinski definition) is 2. The van der Waals surface area contributed by atoms with Gasteiger partial charge >= 0.3 is 18.0 Å². The lowest BCUT2D eigenvalue weighted by molar-refractivity contribution is -0.267. The zero-order chi connectivity index (χ0) is 15.4. The van der Waals surface area contributed by atoms with Gasteiger partial charge in [0.2, 0.25) is 0 Å². The molecule has 0 bridgehead atoms. The van der Waals surface area contributed by atoms with Crippen molar-refractivity contribution < 1.29 is 31.9 Å². The van der Waals surface area contributed by atoms with Gasteiger partial charge in [0.15, 0.2) is 0 Å². The molecule has 0 fully saturated rings. The molecule has 0 aliphatic carbocycles. The molecule has 0 atom stereocenters. The number of hydrogen-bond donors (Lipinski definition) is 2. The predicted octanol–water partition coefficient (Wildman–Crippen LogP) is 2.75. The minimum absolute atomic E-state index is 0.0806. The van der Waals surface area contributed by atoms with E-state index >= 15 is 0 Å². The molecule has 1 rings (SSSR count). The molecule has 0 radical (unpaired) electrons. The monoisotopic (exact) mass is 297 g/mol. The summed E-state index contributed by atoms with van der Waals surface area (Å²) in [6.07, 6.45) is -5.11. The standard InChI is InChI=1S/C12H12F5NO2/c13-11(14,12(15,16)17)10(20)18-9-5-1-3-8(7-9)4-2-6-19/h1,3,5,7,19H,2,4,6H2,(H,18,20). The van der Waals surface area contributed by atoms with Crippen LogP contribution in [-0.4, -0.2) is 29.7 Å². The van der Waals surface area contributed by atoms with E-state index in [2.05, 4.69) is 0 Å². The summed E-state index contributed by atoms with van der Waals surface area (Å²) >= 11 is 0. The molecule has 0 aliphatic heterocycles. The number of alkyl halides is 5. The number of amides is 1. The first-order valence-electron chi connectivity index (χ1n) is 5.64.